The van der Waals surface area contributed by atoms with Crippen molar-refractivity contribution >= 4 is 38.9 Å². The molecule has 1 atom stereocenters. The van der Waals surface area contributed by atoms with Crippen LogP contribution in [-0.2, 0) is 5.41 Å². The molecule has 9 rings (SSSR count). The van der Waals surface area contributed by atoms with E-state index < -0.39 is 0 Å². The largest absolute Gasteiger partial charge is 0.311 e. The second-order valence-corrected chi connectivity index (χ2v) is 21.0. The molecular formula is C62H62N2. The number of aromatic nitrogens is 1. The summed E-state index contributed by atoms with van der Waals surface area (Å²) >= 11 is 0. The first-order chi connectivity index (χ1) is 30.6. The van der Waals surface area contributed by atoms with E-state index in [9.17, 15) is 0 Å². The topological polar surface area (TPSA) is 8.17 Å². The highest BCUT2D eigenvalue weighted by molar-refractivity contribution is 6.11. The molecule has 0 amide bonds. The number of benzene rings is 8. The lowest BCUT2D eigenvalue weighted by molar-refractivity contribution is 0.229. The SMILES string of the molecule is CC(C)(C)CC(c1ccc(-c2ccc(-c3ccc4c(c3)c3cc(-c5ccc(N(c6ccccc6)c6ccccc6)cc5)ccc3n4-c3ccc(C(C)(C)C)cc3)cc2)cc1)C(C)(C)C. The summed E-state index contributed by atoms with van der Waals surface area (Å²) in [4.78, 5) is 2.31. The Morgan fingerprint density at radius 3 is 1.22 bits per heavy atom. The van der Waals surface area contributed by atoms with Gasteiger partial charge in [-0.15, -0.1) is 0 Å². The van der Waals surface area contributed by atoms with Crippen molar-refractivity contribution in [2.24, 2.45) is 10.8 Å². The Morgan fingerprint density at radius 2 is 0.797 bits per heavy atom. The Morgan fingerprint density at radius 1 is 0.406 bits per heavy atom. The number of nitrogens with zero attached hydrogens (tertiary/aromatic N) is 2. The summed E-state index contributed by atoms with van der Waals surface area (Å²) < 4.78 is 2.43. The molecule has 1 aromatic heterocycles. The molecule has 320 valence electrons. The second kappa shape index (κ2) is 16.8. The minimum absolute atomic E-state index is 0.0817. The van der Waals surface area contributed by atoms with Gasteiger partial charge in [0.2, 0.25) is 0 Å². The zero-order valence-electron chi connectivity index (χ0n) is 39.2. The molecule has 0 aliphatic heterocycles. The van der Waals surface area contributed by atoms with E-state index in [1.165, 1.54) is 72.0 Å². The summed E-state index contributed by atoms with van der Waals surface area (Å²) in [5.74, 6) is 0.500. The first-order valence-electron chi connectivity index (χ1n) is 23.0. The average molecular weight is 835 g/mol. The molecule has 0 fully saturated rings. The number of rotatable bonds is 9. The predicted octanol–water partition coefficient (Wildman–Crippen LogP) is 18.1. The van der Waals surface area contributed by atoms with Gasteiger partial charge in [-0.2, -0.15) is 0 Å². The van der Waals surface area contributed by atoms with Gasteiger partial charge in [-0.3, -0.25) is 0 Å². The minimum atomic E-state index is 0.0817. The third-order valence-corrected chi connectivity index (χ3v) is 13.0. The molecule has 0 N–H and O–H groups in total. The summed E-state index contributed by atoms with van der Waals surface area (Å²) in [6.45, 7) is 21.0. The highest BCUT2D eigenvalue weighted by Gasteiger charge is 2.30. The van der Waals surface area contributed by atoms with Crippen molar-refractivity contribution in [1.29, 1.82) is 0 Å². The molecule has 1 unspecified atom stereocenters. The molecule has 0 aliphatic rings. The molecule has 0 radical (unpaired) electrons. The van der Waals surface area contributed by atoms with Crippen LogP contribution in [0.5, 0.6) is 0 Å². The van der Waals surface area contributed by atoms with E-state index >= 15 is 0 Å². The van der Waals surface area contributed by atoms with Crippen LogP contribution in [0.25, 0.3) is 60.9 Å². The van der Waals surface area contributed by atoms with E-state index in [1.807, 2.05) is 0 Å². The molecule has 0 saturated heterocycles. The van der Waals surface area contributed by atoms with Crippen LogP contribution in [0, 0.1) is 10.8 Å². The zero-order valence-corrected chi connectivity index (χ0v) is 39.2. The van der Waals surface area contributed by atoms with E-state index in [1.54, 1.807) is 0 Å². The Kier molecular flexibility index (Phi) is 11.2. The molecule has 9 aromatic rings. The molecular weight excluding hydrogens is 773 g/mol. The van der Waals surface area contributed by atoms with Gasteiger partial charge in [0.15, 0.2) is 0 Å². The summed E-state index contributed by atoms with van der Waals surface area (Å²) in [5, 5.41) is 2.48. The normalized spacial score (nSPS) is 12.8. The molecule has 0 bridgehead atoms. The molecule has 2 heteroatoms. The fraction of sp³-hybridized carbons (Fsp3) is 0.226. The van der Waals surface area contributed by atoms with Crippen molar-refractivity contribution in [3.8, 4) is 39.1 Å². The van der Waals surface area contributed by atoms with E-state index in [0.717, 1.165) is 23.5 Å². The van der Waals surface area contributed by atoms with Crippen LogP contribution in [0.1, 0.15) is 85.8 Å². The van der Waals surface area contributed by atoms with Crippen LogP contribution in [0.4, 0.5) is 17.1 Å². The molecule has 0 spiro atoms. The Labute approximate surface area is 381 Å². The first-order valence-corrected chi connectivity index (χ1v) is 23.0. The first kappa shape index (κ1) is 42.7. The van der Waals surface area contributed by atoms with Gasteiger partial charge in [-0.05, 0) is 146 Å². The summed E-state index contributed by atoms with van der Waals surface area (Å²) in [7, 11) is 0. The van der Waals surface area contributed by atoms with Crippen LogP contribution in [-0.4, -0.2) is 4.57 Å². The highest BCUT2D eigenvalue weighted by atomic mass is 15.1. The van der Waals surface area contributed by atoms with Crippen molar-refractivity contribution in [3.63, 3.8) is 0 Å². The minimum Gasteiger partial charge on any atom is -0.311 e. The maximum Gasteiger partial charge on any atom is 0.0541 e. The average Bonchev–Trinajstić information content (AvgIpc) is 3.61. The van der Waals surface area contributed by atoms with Gasteiger partial charge >= 0.3 is 0 Å². The molecule has 64 heavy (non-hydrogen) atoms. The van der Waals surface area contributed by atoms with E-state index in [0.29, 0.717) is 5.92 Å². The molecule has 1 heterocycles. The number of hydrogen-bond donors (Lipinski definition) is 0. The fourth-order valence-corrected chi connectivity index (χ4v) is 9.47. The van der Waals surface area contributed by atoms with Gasteiger partial charge < -0.3 is 9.47 Å². The summed E-state index contributed by atoms with van der Waals surface area (Å²) in [5.41, 5.74) is 17.6. The summed E-state index contributed by atoms with van der Waals surface area (Å²) in [6, 6.07) is 71.8. The van der Waals surface area contributed by atoms with E-state index in [2.05, 4.69) is 266 Å². The smallest absolute Gasteiger partial charge is 0.0541 e. The maximum absolute atomic E-state index is 2.43. The Hall–Kier alpha value is -6.64. The van der Waals surface area contributed by atoms with Crippen molar-refractivity contribution < 1.29 is 0 Å². The molecule has 2 nitrogen and oxygen atoms in total. The zero-order chi connectivity index (χ0) is 44.8. The number of anilines is 3. The number of para-hydroxylation sites is 2. The van der Waals surface area contributed by atoms with Crippen molar-refractivity contribution in [2.45, 2.75) is 80.1 Å². The molecule has 0 saturated carbocycles. The lowest BCUT2D eigenvalue weighted by Gasteiger charge is -2.36. The van der Waals surface area contributed by atoms with E-state index in [-0.39, 0.29) is 16.2 Å². The third-order valence-electron chi connectivity index (χ3n) is 13.0. The monoisotopic (exact) mass is 834 g/mol. The van der Waals surface area contributed by atoms with Crippen molar-refractivity contribution in [1.82, 2.24) is 4.57 Å². The fourth-order valence-electron chi connectivity index (χ4n) is 9.47. The molecule has 0 aliphatic carbocycles. The van der Waals surface area contributed by atoms with Crippen LogP contribution in [0.15, 0.2) is 194 Å². The number of hydrogen-bond acceptors (Lipinski definition) is 1. The van der Waals surface area contributed by atoms with Gasteiger partial charge in [-0.25, -0.2) is 0 Å². The Bertz CT molecular complexity index is 2970. The highest BCUT2D eigenvalue weighted by Crippen LogP contribution is 2.44. The van der Waals surface area contributed by atoms with Crippen LogP contribution in [0.2, 0.25) is 0 Å². The molecule has 8 aromatic carbocycles. The maximum atomic E-state index is 2.43. The predicted molar refractivity (Wildman–Crippen MR) is 277 cm³/mol. The third kappa shape index (κ3) is 8.80. The van der Waals surface area contributed by atoms with Gasteiger partial charge in [0, 0.05) is 33.5 Å². The Balaban J connectivity index is 1.08. The van der Waals surface area contributed by atoms with Crippen LogP contribution in [0.3, 0.4) is 0 Å². The lowest BCUT2D eigenvalue weighted by Crippen LogP contribution is -2.23. The van der Waals surface area contributed by atoms with Gasteiger partial charge in [0.1, 0.15) is 0 Å². The summed E-state index contributed by atoms with van der Waals surface area (Å²) in [6.07, 6.45) is 1.16. The van der Waals surface area contributed by atoms with Crippen LogP contribution < -0.4 is 4.90 Å². The standard InChI is InChI=1S/C62H62N2/c1-60(2,3)42-57(62(7,8)9)47-26-24-44(25-27-47)43-20-22-45(23-21-43)48-30-38-58-55(40-48)56-41-49(31-39-59(56)64(58)54-36-32-50(33-37-54)61(4,5)6)46-28-34-53(35-29-46)63(51-16-12-10-13-17-51)52-18-14-11-15-19-52/h10-41,57H,42H2,1-9H3. The van der Waals surface area contributed by atoms with Gasteiger partial charge in [0.25, 0.3) is 0 Å². The van der Waals surface area contributed by atoms with Crippen LogP contribution >= 0.6 is 0 Å². The van der Waals surface area contributed by atoms with Gasteiger partial charge in [-0.1, -0.05) is 184 Å². The quantitative estimate of drug-likeness (QED) is 0.141. The lowest BCUT2D eigenvalue weighted by atomic mass is 9.69. The second-order valence-electron chi connectivity index (χ2n) is 21.0. The number of fused-ring (bicyclic) bond motifs is 3. The van der Waals surface area contributed by atoms with Crippen molar-refractivity contribution in [2.75, 3.05) is 4.90 Å². The van der Waals surface area contributed by atoms with E-state index in [4.69, 9.17) is 0 Å². The van der Waals surface area contributed by atoms with Crippen molar-refractivity contribution in [3.05, 3.63) is 205 Å². The van der Waals surface area contributed by atoms with Gasteiger partial charge in [0.05, 0.1) is 11.0 Å².